The van der Waals surface area contributed by atoms with Crippen molar-refractivity contribution in [1.82, 2.24) is 4.57 Å². The number of benzene rings is 5. The van der Waals surface area contributed by atoms with Gasteiger partial charge in [-0.15, -0.1) is 33.7 Å². The predicted octanol–water partition coefficient (Wildman–Crippen LogP) is 2.82. The van der Waals surface area contributed by atoms with Gasteiger partial charge in [-0.1, -0.05) is 103 Å². The van der Waals surface area contributed by atoms with Crippen molar-refractivity contribution < 1.29 is 51.0 Å². The molecule has 1 aliphatic carbocycles. The fourth-order valence-electron chi connectivity index (χ4n) is 6.36. The zero-order valence-electron chi connectivity index (χ0n) is 20.4. The van der Waals surface area contributed by atoms with Crippen molar-refractivity contribution >= 4 is 32.4 Å². The summed E-state index contributed by atoms with van der Waals surface area (Å²) in [6.45, 7) is 0. The fraction of sp³-hybridized carbons (Fsp3) is 0.0294. The molecule has 1 aliphatic rings. The number of halogens is 2. The van der Waals surface area contributed by atoms with E-state index in [4.69, 9.17) is 0 Å². The molecule has 1 atom stereocenters. The Labute approximate surface area is 253 Å². The third-order valence-corrected chi connectivity index (χ3v) is 7.74. The standard InChI is InChI=1S/C34H22N.2ClH.Zr/c1-2-12-23(13-3-1)35-31-20-9-8-17-29(31)33-27-16-7-6-15-26(27)32(34(33)35)28-19-10-18-25-24-14-5-4-11-22(24)21-30(25)28;;;/h1-21,32H;2*1H;/q-1;;;+3/p-2. The van der Waals surface area contributed by atoms with E-state index in [9.17, 15) is 0 Å². The van der Waals surface area contributed by atoms with E-state index in [-0.39, 0.29) is 56.9 Å². The topological polar surface area (TPSA) is 4.93 Å². The Balaban J connectivity index is 0.000000980. The minimum absolute atomic E-state index is 0. The van der Waals surface area contributed by atoms with Crippen LogP contribution in [0.4, 0.5) is 0 Å². The van der Waals surface area contributed by atoms with Crippen LogP contribution in [0.25, 0.3) is 49.3 Å². The van der Waals surface area contributed by atoms with Gasteiger partial charge < -0.3 is 29.4 Å². The van der Waals surface area contributed by atoms with Gasteiger partial charge in [0.2, 0.25) is 0 Å². The third-order valence-electron chi connectivity index (χ3n) is 7.74. The quantitative estimate of drug-likeness (QED) is 0.267. The van der Waals surface area contributed by atoms with Crippen LogP contribution in [0.15, 0.2) is 127 Å². The third kappa shape index (κ3) is 3.66. The van der Waals surface area contributed by atoms with Crippen LogP contribution in [-0.2, 0) is 26.2 Å². The van der Waals surface area contributed by atoms with Gasteiger partial charge in [-0.05, 0) is 29.3 Å². The Kier molecular flexibility index (Phi) is 7.18. The zero-order chi connectivity index (χ0) is 22.9. The Morgan fingerprint density at radius 1 is 0.553 bits per heavy atom. The summed E-state index contributed by atoms with van der Waals surface area (Å²) in [4.78, 5) is 0. The molecule has 0 saturated heterocycles. The van der Waals surface area contributed by atoms with Crippen LogP contribution in [0, 0.1) is 0 Å². The summed E-state index contributed by atoms with van der Waals surface area (Å²) in [5, 5.41) is 6.66. The fourth-order valence-corrected chi connectivity index (χ4v) is 6.36. The Bertz CT molecular complexity index is 1900. The molecule has 1 unspecified atom stereocenters. The molecular weight excluding hydrogens is 585 g/mol. The summed E-state index contributed by atoms with van der Waals surface area (Å²) in [6, 6.07) is 46.7. The number of nitrogens with zero attached hydrogens (tertiary/aromatic N) is 1. The molecule has 38 heavy (non-hydrogen) atoms. The summed E-state index contributed by atoms with van der Waals surface area (Å²) in [7, 11) is 0. The number of hydrogen-bond acceptors (Lipinski definition) is 0. The first-order valence-electron chi connectivity index (χ1n) is 12.3. The minimum atomic E-state index is 0. The molecule has 1 radical (unpaired) electrons. The van der Waals surface area contributed by atoms with E-state index in [0.29, 0.717) is 0 Å². The van der Waals surface area contributed by atoms with Crippen molar-refractivity contribution in [3.05, 3.63) is 144 Å². The largest absolute Gasteiger partial charge is 3.00 e. The Morgan fingerprint density at radius 2 is 1.18 bits per heavy atom. The maximum Gasteiger partial charge on any atom is 3.00 e. The van der Waals surface area contributed by atoms with E-state index < -0.39 is 0 Å². The van der Waals surface area contributed by atoms with Gasteiger partial charge in [0.15, 0.2) is 0 Å². The van der Waals surface area contributed by atoms with Crippen molar-refractivity contribution in [2.24, 2.45) is 0 Å². The number of hydrogen-bond donors (Lipinski definition) is 0. The van der Waals surface area contributed by atoms with E-state index in [1.165, 1.54) is 66.1 Å². The van der Waals surface area contributed by atoms with Gasteiger partial charge in [-0.25, -0.2) is 0 Å². The van der Waals surface area contributed by atoms with Crippen molar-refractivity contribution in [2.45, 2.75) is 5.92 Å². The molecule has 181 valence electrons. The molecule has 1 nitrogen and oxygen atoms in total. The number of para-hydroxylation sites is 2. The van der Waals surface area contributed by atoms with E-state index in [1.807, 2.05) is 0 Å². The molecule has 0 aliphatic heterocycles. The van der Waals surface area contributed by atoms with E-state index in [0.717, 1.165) is 0 Å². The summed E-state index contributed by atoms with van der Waals surface area (Å²) in [5.74, 6) is 0.161. The molecule has 0 amide bonds. The van der Waals surface area contributed by atoms with Gasteiger partial charge in [-0.3, -0.25) is 0 Å². The Hall–Kier alpha value is -3.03. The first kappa shape index (κ1) is 26.6. The van der Waals surface area contributed by atoms with E-state index in [1.54, 1.807) is 0 Å². The maximum atomic E-state index is 2.50. The molecule has 8 rings (SSSR count). The van der Waals surface area contributed by atoms with E-state index in [2.05, 4.69) is 132 Å². The Morgan fingerprint density at radius 3 is 2.03 bits per heavy atom. The van der Waals surface area contributed by atoms with Crippen molar-refractivity contribution in [2.75, 3.05) is 0 Å². The summed E-state index contributed by atoms with van der Waals surface area (Å²) >= 11 is 0. The normalized spacial score (nSPS) is 13.4. The minimum Gasteiger partial charge on any atom is -1.00 e. The molecular formula is C34H22Cl2NZr. The van der Waals surface area contributed by atoms with Gasteiger partial charge in [0.25, 0.3) is 0 Å². The molecule has 0 fully saturated rings. The predicted molar refractivity (Wildman–Crippen MR) is 147 cm³/mol. The van der Waals surface area contributed by atoms with Crippen LogP contribution in [0.3, 0.4) is 0 Å². The van der Waals surface area contributed by atoms with Crippen LogP contribution in [0.2, 0.25) is 0 Å². The second-order valence-corrected chi connectivity index (χ2v) is 9.51. The molecule has 6 aromatic carbocycles. The van der Waals surface area contributed by atoms with Crippen LogP contribution in [0.5, 0.6) is 0 Å². The van der Waals surface area contributed by atoms with E-state index >= 15 is 0 Å². The first-order chi connectivity index (χ1) is 17.4. The molecule has 0 bridgehead atoms. The van der Waals surface area contributed by atoms with Crippen molar-refractivity contribution in [3.8, 4) is 16.8 Å². The molecule has 1 heterocycles. The van der Waals surface area contributed by atoms with Gasteiger partial charge in [0.05, 0.1) is 5.52 Å². The first-order valence-corrected chi connectivity index (χ1v) is 12.3. The van der Waals surface area contributed by atoms with Gasteiger partial charge in [-0.2, -0.15) is 0 Å². The zero-order valence-corrected chi connectivity index (χ0v) is 24.4. The summed E-state index contributed by atoms with van der Waals surface area (Å²) in [6.07, 6.45) is 0. The SMILES string of the molecule is [Cl-].[Cl-].[Zr+3].c1ccc(-n2c3c(c4ccccc42)-c2ccccc2C3c2cccc3c2[cH-]c2ccccc23)cc1. The molecule has 4 heteroatoms. The summed E-state index contributed by atoms with van der Waals surface area (Å²) in [5.41, 5.74) is 9.35. The van der Waals surface area contributed by atoms with Crippen LogP contribution >= 0.6 is 0 Å². The summed E-state index contributed by atoms with van der Waals surface area (Å²) < 4.78 is 2.50. The molecule has 0 N–H and O–H groups in total. The van der Waals surface area contributed by atoms with Crippen LogP contribution in [-0.4, -0.2) is 4.57 Å². The maximum absolute atomic E-state index is 2.50. The average Bonchev–Trinajstić information content (AvgIpc) is 3.57. The van der Waals surface area contributed by atoms with Crippen molar-refractivity contribution in [3.63, 3.8) is 0 Å². The van der Waals surface area contributed by atoms with Crippen LogP contribution < -0.4 is 24.8 Å². The number of fused-ring (bicyclic) bond motifs is 8. The van der Waals surface area contributed by atoms with Gasteiger partial charge in [0.1, 0.15) is 0 Å². The molecule has 0 spiro atoms. The average molecular weight is 607 g/mol. The molecule has 0 saturated carbocycles. The number of rotatable bonds is 2. The molecule has 1 aromatic heterocycles. The van der Waals surface area contributed by atoms with Crippen molar-refractivity contribution in [1.29, 1.82) is 0 Å². The number of aromatic nitrogens is 1. The van der Waals surface area contributed by atoms with Gasteiger partial charge >= 0.3 is 26.2 Å². The monoisotopic (exact) mass is 604 g/mol. The smallest absolute Gasteiger partial charge is 1.00 e. The second kappa shape index (κ2) is 10.3. The van der Waals surface area contributed by atoms with Gasteiger partial charge in [0, 0.05) is 28.2 Å². The second-order valence-electron chi connectivity index (χ2n) is 9.51. The molecule has 7 aromatic rings. The van der Waals surface area contributed by atoms with Crippen LogP contribution in [0.1, 0.15) is 22.7 Å².